The summed E-state index contributed by atoms with van der Waals surface area (Å²) in [4.78, 5) is 9.04. The van der Waals surface area contributed by atoms with E-state index in [1.807, 2.05) is 30.3 Å². The second-order valence-corrected chi connectivity index (χ2v) is 5.25. The molecule has 1 heterocycles. The van der Waals surface area contributed by atoms with Crippen LogP contribution < -0.4 is 11.1 Å². The summed E-state index contributed by atoms with van der Waals surface area (Å²) in [5.41, 5.74) is 7.07. The van der Waals surface area contributed by atoms with Crippen molar-refractivity contribution in [1.82, 2.24) is 9.97 Å². The second-order valence-electron chi connectivity index (χ2n) is 5.25. The van der Waals surface area contributed by atoms with Crippen LogP contribution in [-0.2, 0) is 0 Å². The van der Waals surface area contributed by atoms with E-state index in [0.717, 1.165) is 10.9 Å². The van der Waals surface area contributed by atoms with Crippen molar-refractivity contribution in [1.29, 1.82) is 0 Å². The lowest BCUT2D eigenvalue weighted by Crippen LogP contribution is -2.32. The van der Waals surface area contributed by atoms with Gasteiger partial charge in [-0.3, -0.25) is 0 Å². The van der Waals surface area contributed by atoms with E-state index in [0.29, 0.717) is 23.8 Å². The predicted molar refractivity (Wildman–Crippen MR) is 90.2 cm³/mol. The standard InChI is InChI=1S/C17H18N4O2/c18-11(10-22)9-19-16-12-5-1-3-7-14(12)20-17(21-16)13-6-2-4-8-15(13)23/h1-8,11,22-23H,9-10,18H2,(H,19,20,21). The third-order valence-electron chi connectivity index (χ3n) is 3.51. The molecule has 23 heavy (non-hydrogen) atoms. The molecular weight excluding hydrogens is 292 g/mol. The van der Waals surface area contributed by atoms with Crippen molar-refractivity contribution in [2.75, 3.05) is 18.5 Å². The number of fused-ring (bicyclic) bond motifs is 1. The highest BCUT2D eigenvalue weighted by atomic mass is 16.3. The third-order valence-corrected chi connectivity index (χ3v) is 3.51. The fourth-order valence-electron chi connectivity index (χ4n) is 2.29. The van der Waals surface area contributed by atoms with Crippen LogP contribution in [0.25, 0.3) is 22.3 Å². The van der Waals surface area contributed by atoms with Crippen LogP contribution in [0.3, 0.4) is 0 Å². The van der Waals surface area contributed by atoms with Crippen LogP contribution in [0, 0.1) is 0 Å². The number of phenols is 1. The van der Waals surface area contributed by atoms with Gasteiger partial charge in [0.15, 0.2) is 5.82 Å². The Labute approximate surface area is 133 Å². The quantitative estimate of drug-likeness (QED) is 0.572. The Bertz CT molecular complexity index is 823. The maximum atomic E-state index is 10.0. The van der Waals surface area contributed by atoms with Crippen LogP contribution in [0.1, 0.15) is 0 Å². The van der Waals surface area contributed by atoms with Gasteiger partial charge < -0.3 is 21.3 Å². The number of para-hydroxylation sites is 2. The predicted octanol–water partition coefficient (Wildman–Crippen LogP) is 1.73. The minimum atomic E-state index is -0.377. The average molecular weight is 310 g/mol. The Morgan fingerprint density at radius 3 is 2.57 bits per heavy atom. The van der Waals surface area contributed by atoms with Crippen LogP contribution in [0.15, 0.2) is 48.5 Å². The molecular formula is C17H18N4O2. The van der Waals surface area contributed by atoms with E-state index in [2.05, 4.69) is 15.3 Å². The van der Waals surface area contributed by atoms with Crippen LogP contribution in [0.2, 0.25) is 0 Å². The number of aliphatic hydroxyl groups is 1. The smallest absolute Gasteiger partial charge is 0.165 e. The Morgan fingerprint density at radius 2 is 1.78 bits per heavy atom. The fraction of sp³-hybridized carbons (Fsp3) is 0.176. The molecule has 6 nitrogen and oxygen atoms in total. The van der Waals surface area contributed by atoms with Crippen LogP contribution in [0.4, 0.5) is 5.82 Å². The fourth-order valence-corrected chi connectivity index (χ4v) is 2.29. The van der Waals surface area contributed by atoms with Crippen molar-refractivity contribution in [3.63, 3.8) is 0 Å². The number of anilines is 1. The van der Waals surface area contributed by atoms with Gasteiger partial charge in [0.1, 0.15) is 11.6 Å². The molecule has 2 aromatic carbocycles. The molecule has 1 atom stereocenters. The van der Waals surface area contributed by atoms with Crippen molar-refractivity contribution < 1.29 is 10.2 Å². The number of rotatable bonds is 5. The minimum absolute atomic E-state index is 0.109. The Morgan fingerprint density at radius 1 is 1.04 bits per heavy atom. The van der Waals surface area contributed by atoms with Crippen LogP contribution >= 0.6 is 0 Å². The molecule has 1 aromatic heterocycles. The van der Waals surface area contributed by atoms with Gasteiger partial charge in [0.25, 0.3) is 0 Å². The van der Waals surface area contributed by atoms with Gasteiger partial charge in [-0.25, -0.2) is 9.97 Å². The summed E-state index contributed by atoms with van der Waals surface area (Å²) in [6, 6.07) is 14.2. The topological polar surface area (TPSA) is 104 Å². The van der Waals surface area contributed by atoms with Gasteiger partial charge in [-0.2, -0.15) is 0 Å². The molecule has 0 spiro atoms. The highest BCUT2D eigenvalue weighted by Gasteiger charge is 2.12. The summed E-state index contributed by atoms with van der Waals surface area (Å²) >= 11 is 0. The molecule has 0 saturated carbocycles. The molecule has 0 aliphatic rings. The number of nitrogens with two attached hydrogens (primary N) is 1. The SMILES string of the molecule is NC(CO)CNc1nc(-c2ccccc2O)nc2ccccc12. The molecule has 118 valence electrons. The molecule has 5 N–H and O–H groups in total. The number of phenolic OH excluding ortho intramolecular Hbond substituents is 1. The molecule has 0 amide bonds. The van der Waals surface area contributed by atoms with Gasteiger partial charge >= 0.3 is 0 Å². The summed E-state index contributed by atoms with van der Waals surface area (Å²) in [6.45, 7) is 0.278. The third kappa shape index (κ3) is 3.23. The first-order valence-corrected chi connectivity index (χ1v) is 7.34. The van der Waals surface area contributed by atoms with E-state index in [4.69, 9.17) is 10.8 Å². The highest BCUT2D eigenvalue weighted by molar-refractivity contribution is 5.90. The Balaban J connectivity index is 2.08. The van der Waals surface area contributed by atoms with E-state index in [1.54, 1.807) is 18.2 Å². The van der Waals surface area contributed by atoms with E-state index in [-0.39, 0.29) is 18.4 Å². The molecule has 6 heteroatoms. The number of nitrogens with one attached hydrogen (secondary N) is 1. The van der Waals surface area contributed by atoms with Crippen molar-refractivity contribution in [2.24, 2.45) is 5.73 Å². The first kappa shape index (κ1) is 15.2. The van der Waals surface area contributed by atoms with E-state index < -0.39 is 0 Å². The Kier molecular flexibility index (Phi) is 4.36. The molecule has 0 aliphatic heterocycles. The normalized spacial score (nSPS) is 12.3. The molecule has 0 fully saturated rings. The van der Waals surface area contributed by atoms with E-state index in [1.165, 1.54) is 0 Å². The lowest BCUT2D eigenvalue weighted by molar-refractivity contribution is 0.270. The summed E-state index contributed by atoms with van der Waals surface area (Å²) in [7, 11) is 0. The molecule has 3 aromatic rings. The summed E-state index contributed by atoms with van der Waals surface area (Å²) < 4.78 is 0. The zero-order valence-corrected chi connectivity index (χ0v) is 12.5. The number of hydrogen-bond acceptors (Lipinski definition) is 6. The van der Waals surface area contributed by atoms with Gasteiger partial charge in [-0.15, -0.1) is 0 Å². The molecule has 0 aliphatic carbocycles. The molecule has 1 unspecified atom stereocenters. The minimum Gasteiger partial charge on any atom is -0.507 e. The molecule has 3 rings (SSSR count). The number of nitrogens with zero attached hydrogens (tertiary/aromatic N) is 2. The first-order valence-electron chi connectivity index (χ1n) is 7.34. The maximum absolute atomic E-state index is 10.0. The van der Waals surface area contributed by atoms with E-state index in [9.17, 15) is 5.11 Å². The molecule has 0 saturated heterocycles. The lowest BCUT2D eigenvalue weighted by atomic mass is 10.1. The van der Waals surface area contributed by atoms with Gasteiger partial charge in [-0.05, 0) is 24.3 Å². The van der Waals surface area contributed by atoms with Crippen molar-refractivity contribution >= 4 is 16.7 Å². The first-order chi connectivity index (χ1) is 11.2. The maximum Gasteiger partial charge on any atom is 0.165 e. The Hall–Kier alpha value is -2.70. The average Bonchev–Trinajstić information content (AvgIpc) is 2.59. The van der Waals surface area contributed by atoms with Crippen LogP contribution in [0.5, 0.6) is 5.75 Å². The van der Waals surface area contributed by atoms with Crippen molar-refractivity contribution in [3.8, 4) is 17.1 Å². The van der Waals surface area contributed by atoms with Crippen molar-refractivity contribution in [3.05, 3.63) is 48.5 Å². The zero-order valence-electron chi connectivity index (χ0n) is 12.5. The summed E-state index contributed by atoms with van der Waals surface area (Å²) in [5, 5.41) is 23.1. The van der Waals surface area contributed by atoms with Gasteiger partial charge in [0, 0.05) is 18.0 Å². The monoisotopic (exact) mass is 310 g/mol. The van der Waals surface area contributed by atoms with Crippen LogP contribution in [-0.4, -0.2) is 39.4 Å². The van der Waals surface area contributed by atoms with Crippen molar-refractivity contribution in [2.45, 2.75) is 6.04 Å². The number of aromatic nitrogens is 2. The largest absolute Gasteiger partial charge is 0.507 e. The number of benzene rings is 2. The van der Waals surface area contributed by atoms with E-state index >= 15 is 0 Å². The molecule has 0 bridgehead atoms. The lowest BCUT2D eigenvalue weighted by Gasteiger charge is -2.14. The zero-order chi connectivity index (χ0) is 16.2. The number of aliphatic hydroxyl groups excluding tert-OH is 1. The summed E-state index contributed by atoms with van der Waals surface area (Å²) in [6.07, 6.45) is 0. The molecule has 0 radical (unpaired) electrons. The summed E-state index contributed by atoms with van der Waals surface area (Å²) in [5.74, 6) is 1.18. The number of aromatic hydroxyl groups is 1. The number of hydrogen-bond donors (Lipinski definition) is 4. The second kappa shape index (κ2) is 6.60. The van der Waals surface area contributed by atoms with Gasteiger partial charge in [0.2, 0.25) is 0 Å². The highest BCUT2D eigenvalue weighted by Crippen LogP contribution is 2.29. The van der Waals surface area contributed by atoms with Gasteiger partial charge in [-0.1, -0.05) is 24.3 Å². The van der Waals surface area contributed by atoms with Gasteiger partial charge in [0.05, 0.1) is 17.7 Å².